The number of likely N-dealkylation sites (tertiary alicyclic amines) is 1. The van der Waals surface area contributed by atoms with Crippen LogP contribution in [0.4, 0.5) is 13.2 Å². The van der Waals surface area contributed by atoms with Gasteiger partial charge >= 0.3 is 6.18 Å². The van der Waals surface area contributed by atoms with E-state index in [1.165, 1.54) is 19.2 Å². The second-order valence-corrected chi connectivity index (χ2v) is 6.74. The average Bonchev–Trinajstić information content (AvgIpc) is 2.72. The van der Waals surface area contributed by atoms with Crippen LogP contribution in [0.2, 0.25) is 0 Å². The number of piperidine rings is 1. The first-order valence-electron chi connectivity index (χ1n) is 8.94. The largest absolute Gasteiger partial charge is 0.497 e. The van der Waals surface area contributed by atoms with E-state index in [-0.39, 0.29) is 17.3 Å². The molecule has 0 aliphatic carbocycles. The summed E-state index contributed by atoms with van der Waals surface area (Å²) in [5.41, 5.74) is -0.265. The molecule has 3 rings (SSSR count). The highest BCUT2D eigenvalue weighted by Gasteiger charge is 2.33. The van der Waals surface area contributed by atoms with Gasteiger partial charge in [-0.3, -0.25) is 9.59 Å². The Morgan fingerprint density at radius 3 is 2.29 bits per heavy atom. The molecule has 0 unspecified atom stereocenters. The Kier molecular flexibility index (Phi) is 5.72. The summed E-state index contributed by atoms with van der Waals surface area (Å²) >= 11 is 0. The lowest BCUT2D eigenvalue weighted by atomic mass is 9.88. The number of hydrogen-bond donors (Lipinski definition) is 0. The zero-order valence-electron chi connectivity index (χ0n) is 15.3. The van der Waals surface area contributed by atoms with Gasteiger partial charge in [-0.15, -0.1) is 0 Å². The van der Waals surface area contributed by atoms with Crippen LogP contribution in [-0.2, 0) is 6.18 Å². The lowest BCUT2D eigenvalue weighted by molar-refractivity contribution is -0.137. The molecule has 148 valence electrons. The molecule has 2 aromatic carbocycles. The normalized spacial score (nSPS) is 15.4. The van der Waals surface area contributed by atoms with Crippen molar-refractivity contribution in [3.05, 3.63) is 65.2 Å². The topological polar surface area (TPSA) is 46.6 Å². The van der Waals surface area contributed by atoms with Crippen LogP contribution in [-0.4, -0.2) is 36.8 Å². The van der Waals surface area contributed by atoms with Gasteiger partial charge in [-0.1, -0.05) is 18.2 Å². The first-order valence-corrected chi connectivity index (χ1v) is 8.94. The van der Waals surface area contributed by atoms with Gasteiger partial charge in [0.25, 0.3) is 5.91 Å². The fourth-order valence-corrected chi connectivity index (χ4v) is 3.37. The van der Waals surface area contributed by atoms with Gasteiger partial charge < -0.3 is 9.64 Å². The number of nitrogens with zero attached hydrogens (tertiary/aromatic N) is 1. The molecule has 2 aromatic rings. The number of alkyl halides is 3. The molecule has 0 aromatic heterocycles. The number of carbonyl (C=O) groups excluding carboxylic acids is 2. The number of ketones is 1. The molecule has 0 spiro atoms. The second kappa shape index (κ2) is 8.04. The highest BCUT2D eigenvalue weighted by molar-refractivity contribution is 5.98. The Labute approximate surface area is 160 Å². The number of amides is 1. The van der Waals surface area contributed by atoms with Crippen molar-refractivity contribution in [1.29, 1.82) is 0 Å². The van der Waals surface area contributed by atoms with E-state index in [1.54, 1.807) is 29.2 Å². The predicted molar refractivity (Wildman–Crippen MR) is 97.4 cm³/mol. The Bertz CT molecular complexity index is 871. The summed E-state index contributed by atoms with van der Waals surface area (Å²) in [7, 11) is 1.52. The third-order valence-corrected chi connectivity index (χ3v) is 4.94. The van der Waals surface area contributed by atoms with E-state index >= 15 is 0 Å². The molecular weight excluding hydrogens is 371 g/mol. The van der Waals surface area contributed by atoms with Gasteiger partial charge in [0.2, 0.25) is 0 Å². The molecule has 1 aliphatic heterocycles. The fourth-order valence-electron chi connectivity index (χ4n) is 3.37. The van der Waals surface area contributed by atoms with Crippen molar-refractivity contribution < 1.29 is 27.5 Å². The molecule has 0 atom stereocenters. The Balaban J connectivity index is 1.65. The third-order valence-electron chi connectivity index (χ3n) is 4.94. The summed E-state index contributed by atoms with van der Waals surface area (Å²) in [6.07, 6.45) is -3.64. The first kappa shape index (κ1) is 19.9. The number of Topliss-reactive ketones (excluding diaryl/α,β-unsaturated/α-hetero) is 1. The van der Waals surface area contributed by atoms with Crippen LogP contribution >= 0.6 is 0 Å². The molecule has 0 bridgehead atoms. The lowest BCUT2D eigenvalue weighted by Crippen LogP contribution is -2.40. The molecule has 28 heavy (non-hydrogen) atoms. The van der Waals surface area contributed by atoms with Gasteiger partial charge in [0.1, 0.15) is 5.75 Å². The minimum Gasteiger partial charge on any atom is -0.497 e. The van der Waals surface area contributed by atoms with Crippen molar-refractivity contribution in [1.82, 2.24) is 4.90 Å². The average molecular weight is 391 g/mol. The molecule has 1 aliphatic rings. The molecule has 7 heteroatoms. The van der Waals surface area contributed by atoms with Crippen molar-refractivity contribution >= 4 is 11.7 Å². The number of ether oxygens (including phenoxy) is 1. The van der Waals surface area contributed by atoms with E-state index in [4.69, 9.17) is 4.74 Å². The van der Waals surface area contributed by atoms with Crippen molar-refractivity contribution in [3.8, 4) is 5.75 Å². The number of benzene rings is 2. The van der Waals surface area contributed by atoms with Gasteiger partial charge in [-0.05, 0) is 43.2 Å². The second-order valence-electron chi connectivity index (χ2n) is 6.74. The molecule has 1 heterocycles. The van der Waals surface area contributed by atoms with Crippen LogP contribution in [0.15, 0.2) is 48.5 Å². The standard InChI is InChI=1S/C21H20F3NO3/c1-28-18-7-3-5-16(13-18)20(27)25-10-8-14(9-11-25)19(26)15-4-2-6-17(12-15)21(22,23)24/h2-7,12-14H,8-11H2,1H3. The van der Waals surface area contributed by atoms with Crippen molar-refractivity contribution in [2.24, 2.45) is 5.92 Å². The maximum atomic E-state index is 12.9. The van der Waals surface area contributed by atoms with Crippen molar-refractivity contribution in [2.45, 2.75) is 19.0 Å². The van der Waals surface area contributed by atoms with E-state index in [1.807, 2.05) is 0 Å². The molecule has 0 saturated carbocycles. The maximum absolute atomic E-state index is 12.9. The molecule has 1 fully saturated rings. The van der Waals surface area contributed by atoms with E-state index in [0.717, 1.165) is 12.1 Å². The highest BCUT2D eigenvalue weighted by atomic mass is 19.4. The van der Waals surface area contributed by atoms with Crippen LogP contribution in [0.25, 0.3) is 0 Å². The van der Waals surface area contributed by atoms with Gasteiger partial charge in [0.05, 0.1) is 12.7 Å². The van der Waals surface area contributed by atoms with Gasteiger partial charge in [0.15, 0.2) is 5.78 Å². The SMILES string of the molecule is COc1cccc(C(=O)N2CCC(C(=O)c3cccc(C(F)(F)F)c3)CC2)c1. The number of hydrogen-bond acceptors (Lipinski definition) is 3. The van der Waals surface area contributed by atoms with E-state index < -0.39 is 17.7 Å². The molecule has 0 N–H and O–H groups in total. The van der Waals surface area contributed by atoms with Crippen LogP contribution in [0, 0.1) is 5.92 Å². The number of rotatable bonds is 4. The Morgan fingerprint density at radius 1 is 1.00 bits per heavy atom. The summed E-state index contributed by atoms with van der Waals surface area (Å²) in [6.45, 7) is 0.761. The molecule has 1 amide bonds. The number of carbonyl (C=O) groups is 2. The smallest absolute Gasteiger partial charge is 0.416 e. The Morgan fingerprint density at radius 2 is 1.64 bits per heavy atom. The fraction of sp³-hybridized carbons (Fsp3) is 0.333. The van der Waals surface area contributed by atoms with Crippen LogP contribution in [0.5, 0.6) is 5.75 Å². The minimum atomic E-state index is -4.48. The quantitative estimate of drug-likeness (QED) is 0.724. The summed E-state index contributed by atoms with van der Waals surface area (Å²) in [5.74, 6) is -0.262. The third kappa shape index (κ3) is 4.35. The van der Waals surface area contributed by atoms with Crippen LogP contribution < -0.4 is 4.74 Å². The Hall–Kier alpha value is -2.83. The first-order chi connectivity index (χ1) is 13.3. The minimum absolute atomic E-state index is 0.0624. The summed E-state index contributed by atoms with van der Waals surface area (Å²) in [5, 5.41) is 0. The zero-order chi connectivity index (χ0) is 20.3. The molecule has 4 nitrogen and oxygen atoms in total. The van der Waals surface area contributed by atoms with Crippen LogP contribution in [0.3, 0.4) is 0 Å². The van der Waals surface area contributed by atoms with Crippen molar-refractivity contribution in [2.75, 3.05) is 20.2 Å². The maximum Gasteiger partial charge on any atom is 0.416 e. The predicted octanol–water partition coefficient (Wildman–Crippen LogP) is 4.45. The van der Waals surface area contributed by atoms with Gasteiger partial charge in [-0.2, -0.15) is 13.2 Å². The van der Waals surface area contributed by atoms with Crippen molar-refractivity contribution in [3.63, 3.8) is 0 Å². The molecule has 1 saturated heterocycles. The van der Waals surface area contributed by atoms with E-state index in [0.29, 0.717) is 37.2 Å². The lowest BCUT2D eigenvalue weighted by Gasteiger charge is -2.31. The van der Waals surface area contributed by atoms with Gasteiger partial charge in [-0.25, -0.2) is 0 Å². The summed E-state index contributed by atoms with van der Waals surface area (Å²) in [4.78, 5) is 26.9. The summed E-state index contributed by atoms with van der Waals surface area (Å²) in [6, 6.07) is 11.3. The van der Waals surface area contributed by atoms with E-state index in [2.05, 4.69) is 0 Å². The molecule has 0 radical (unpaired) electrons. The number of methoxy groups -OCH3 is 1. The molecular formula is C21H20F3NO3. The summed E-state index contributed by atoms with van der Waals surface area (Å²) < 4.78 is 43.7. The zero-order valence-corrected chi connectivity index (χ0v) is 15.3. The van der Waals surface area contributed by atoms with Crippen LogP contribution in [0.1, 0.15) is 39.1 Å². The number of halogens is 3. The monoisotopic (exact) mass is 391 g/mol. The van der Waals surface area contributed by atoms with Gasteiger partial charge in [0, 0.05) is 30.1 Å². The van der Waals surface area contributed by atoms with E-state index in [9.17, 15) is 22.8 Å². The highest BCUT2D eigenvalue weighted by Crippen LogP contribution is 2.31.